The van der Waals surface area contributed by atoms with Crippen molar-refractivity contribution < 1.29 is 38.1 Å². The maximum Gasteiger partial charge on any atom is 0.343 e. The highest BCUT2D eigenvalue weighted by Crippen LogP contribution is 2.30. The Labute approximate surface area is 233 Å². The van der Waals surface area contributed by atoms with Gasteiger partial charge in [-0.3, -0.25) is 0 Å². The molecule has 0 fully saturated rings. The average Bonchev–Trinajstić information content (AvgIpc) is 2.98. The van der Waals surface area contributed by atoms with Crippen molar-refractivity contribution in [1.82, 2.24) is 0 Å². The number of carbonyl (C=O) groups excluding carboxylic acids is 3. The Morgan fingerprint density at radius 3 is 1.98 bits per heavy atom. The van der Waals surface area contributed by atoms with Crippen molar-refractivity contribution in [2.24, 2.45) is 0 Å². The summed E-state index contributed by atoms with van der Waals surface area (Å²) in [4.78, 5) is 36.1. The van der Waals surface area contributed by atoms with E-state index in [9.17, 15) is 14.4 Å². The third kappa shape index (κ3) is 8.87. The standard InChI is InChI=1S/C32H32O8/c1-5-30(33)38-21-7-6-20-37-27-15-11-25(12-16-27)32(35)40-29-18-17-28(22(2)23(29)3)39-31(34)19-10-24-8-13-26(36-4)14-9-24/h5,8-19H,1,6-7,20-21H2,2-4H3/b19-10+. The van der Waals surface area contributed by atoms with Crippen LogP contribution in [0.2, 0.25) is 0 Å². The van der Waals surface area contributed by atoms with Crippen LogP contribution in [0.3, 0.4) is 0 Å². The summed E-state index contributed by atoms with van der Waals surface area (Å²) >= 11 is 0. The van der Waals surface area contributed by atoms with E-state index in [1.54, 1.807) is 75.6 Å². The minimum Gasteiger partial charge on any atom is -0.497 e. The minimum absolute atomic E-state index is 0.308. The van der Waals surface area contributed by atoms with Gasteiger partial charge in [0.2, 0.25) is 0 Å². The number of rotatable bonds is 13. The van der Waals surface area contributed by atoms with Gasteiger partial charge in [0.25, 0.3) is 0 Å². The summed E-state index contributed by atoms with van der Waals surface area (Å²) in [5.41, 5.74) is 2.55. The predicted octanol–water partition coefficient (Wildman–Crippen LogP) is 6.04. The number of esters is 3. The molecule has 0 aliphatic heterocycles. The molecule has 0 aliphatic carbocycles. The Morgan fingerprint density at radius 2 is 1.35 bits per heavy atom. The summed E-state index contributed by atoms with van der Waals surface area (Å²) in [6.45, 7) is 7.68. The summed E-state index contributed by atoms with van der Waals surface area (Å²) in [7, 11) is 1.59. The molecular formula is C32H32O8. The second kappa shape index (κ2) is 14.9. The van der Waals surface area contributed by atoms with E-state index in [1.807, 2.05) is 12.1 Å². The number of methoxy groups -OCH3 is 1. The van der Waals surface area contributed by atoms with Crippen LogP contribution in [0.4, 0.5) is 0 Å². The zero-order chi connectivity index (χ0) is 28.9. The highest BCUT2D eigenvalue weighted by Gasteiger charge is 2.15. The van der Waals surface area contributed by atoms with E-state index in [2.05, 4.69) is 6.58 Å². The lowest BCUT2D eigenvalue weighted by molar-refractivity contribution is -0.137. The van der Waals surface area contributed by atoms with Gasteiger partial charge in [-0.1, -0.05) is 18.7 Å². The molecule has 0 atom stereocenters. The van der Waals surface area contributed by atoms with Gasteiger partial charge in [0.05, 0.1) is 25.9 Å². The van der Waals surface area contributed by atoms with Crippen LogP contribution >= 0.6 is 0 Å². The molecule has 0 bridgehead atoms. The van der Waals surface area contributed by atoms with Crippen molar-refractivity contribution >= 4 is 24.0 Å². The molecule has 0 heterocycles. The molecule has 0 radical (unpaired) electrons. The summed E-state index contributed by atoms with van der Waals surface area (Å²) < 4.78 is 26.8. The van der Waals surface area contributed by atoms with Crippen LogP contribution in [0.15, 0.2) is 79.4 Å². The van der Waals surface area contributed by atoms with Gasteiger partial charge in [0, 0.05) is 12.2 Å². The van der Waals surface area contributed by atoms with E-state index >= 15 is 0 Å². The lowest BCUT2D eigenvalue weighted by atomic mass is 10.1. The van der Waals surface area contributed by atoms with Gasteiger partial charge in [-0.05, 0) is 98.0 Å². The average molecular weight is 545 g/mol. The lowest BCUT2D eigenvalue weighted by Crippen LogP contribution is -2.11. The number of benzene rings is 3. The van der Waals surface area contributed by atoms with Gasteiger partial charge in [-0.25, -0.2) is 14.4 Å². The number of ether oxygens (including phenoxy) is 5. The van der Waals surface area contributed by atoms with Crippen LogP contribution in [-0.4, -0.2) is 38.2 Å². The molecule has 0 aliphatic rings. The van der Waals surface area contributed by atoms with Gasteiger partial charge in [-0.2, -0.15) is 0 Å². The molecule has 0 saturated carbocycles. The normalized spacial score (nSPS) is 10.6. The molecular weight excluding hydrogens is 512 g/mol. The first kappa shape index (κ1) is 29.7. The number of unbranched alkanes of at least 4 members (excludes halogenated alkanes) is 1. The molecule has 0 amide bonds. The van der Waals surface area contributed by atoms with E-state index in [0.717, 1.165) is 17.4 Å². The van der Waals surface area contributed by atoms with Crippen LogP contribution < -0.4 is 18.9 Å². The number of hydrogen-bond acceptors (Lipinski definition) is 8. The molecule has 0 unspecified atom stereocenters. The van der Waals surface area contributed by atoms with Crippen LogP contribution in [0, 0.1) is 13.8 Å². The quantitative estimate of drug-likeness (QED) is 0.111. The molecule has 0 spiro atoms. The van der Waals surface area contributed by atoms with Crippen LogP contribution in [0.25, 0.3) is 6.08 Å². The molecule has 0 saturated heterocycles. The third-order valence-electron chi connectivity index (χ3n) is 5.94. The topological polar surface area (TPSA) is 97.4 Å². The van der Waals surface area contributed by atoms with Gasteiger partial charge < -0.3 is 23.7 Å². The van der Waals surface area contributed by atoms with Crippen molar-refractivity contribution in [3.8, 4) is 23.0 Å². The third-order valence-corrected chi connectivity index (χ3v) is 5.94. The first-order valence-electron chi connectivity index (χ1n) is 12.7. The maximum absolute atomic E-state index is 12.7. The molecule has 0 aromatic heterocycles. The summed E-state index contributed by atoms with van der Waals surface area (Å²) in [6.07, 6.45) is 5.50. The molecule has 8 nitrogen and oxygen atoms in total. The van der Waals surface area contributed by atoms with Crippen molar-refractivity contribution in [3.63, 3.8) is 0 Å². The Bertz CT molecular complexity index is 1350. The fraction of sp³-hybridized carbons (Fsp3) is 0.219. The minimum atomic E-state index is -0.526. The Kier molecular flexibility index (Phi) is 11.1. The smallest absolute Gasteiger partial charge is 0.343 e. The van der Waals surface area contributed by atoms with Crippen molar-refractivity contribution in [1.29, 1.82) is 0 Å². The van der Waals surface area contributed by atoms with E-state index < -0.39 is 17.9 Å². The van der Waals surface area contributed by atoms with Crippen molar-refractivity contribution in [2.75, 3.05) is 20.3 Å². The molecule has 3 rings (SSSR count). The number of carbonyl (C=O) groups is 3. The SMILES string of the molecule is C=CC(=O)OCCCCOc1ccc(C(=O)Oc2ccc(OC(=O)/C=C/c3ccc(OC)cc3)c(C)c2C)cc1. The van der Waals surface area contributed by atoms with E-state index in [-0.39, 0.29) is 0 Å². The fourth-order valence-electron chi connectivity index (χ4n) is 3.49. The largest absolute Gasteiger partial charge is 0.497 e. The summed E-state index contributed by atoms with van der Waals surface area (Å²) in [5, 5.41) is 0. The van der Waals surface area contributed by atoms with Crippen molar-refractivity contribution in [3.05, 3.63) is 102 Å². The first-order chi connectivity index (χ1) is 19.3. The monoisotopic (exact) mass is 544 g/mol. The second-order valence-corrected chi connectivity index (χ2v) is 8.68. The molecule has 40 heavy (non-hydrogen) atoms. The Hall–Kier alpha value is -4.85. The van der Waals surface area contributed by atoms with E-state index in [0.29, 0.717) is 60.0 Å². The molecule has 3 aromatic carbocycles. The Morgan fingerprint density at radius 1 is 0.750 bits per heavy atom. The van der Waals surface area contributed by atoms with Crippen LogP contribution in [0.5, 0.6) is 23.0 Å². The van der Waals surface area contributed by atoms with Gasteiger partial charge >= 0.3 is 17.9 Å². The van der Waals surface area contributed by atoms with Gasteiger partial charge in [0.1, 0.15) is 23.0 Å². The van der Waals surface area contributed by atoms with Crippen molar-refractivity contribution in [2.45, 2.75) is 26.7 Å². The van der Waals surface area contributed by atoms with E-state index in [4.69, 9.17) is 23.7 Å². The molecule has 0 N–H and O–H groups in total. The highest BCUT2D eigenvalue weighted by molar-refractivity contribution is 5.91. The molecule has 3 aromatic rings. The highest BCUT2D eigenvalue weighted by atomic mass is 16.5. The maximum atomic E-state index is 12.7. The second-order valence-electron chi connectivity index (χ2n) is 8.68. The Balaban J connectivity index is 1.51. The number of hydrogen-bond donors (Lipinski definition) is 0. The molecule has 208 valence electrons. The summed E-state index contributed by atoms with van der Waals surface area (Å²) in [5.74, 6) is 0.593. The lowest BCUT2D eigenvalue weighted by Gasteiger charge is -2.13. The van der Waals surface area contributed by atoms with E-state index in [1.165, 1.54) is 6.08 Å². The zero-order valence-corrected chi connectivity index (χ0v) is 22.8. The predicted molar refractivity (Wildman–Crippen MR) is 151 cm³/mol. The van der Waals surface area contributed by atoms with Crippen LogP contribution in [-0.2, 0) is 14.3 Å². The van der Waals surface area contributed by atoms with Crippen LogP contribution in [0.1, 0.15) is 39.9 Å². The summed E-state index contributed by atoms with van der Waals surface area (Å²) in [6, 6.07) is 17.1. The zero-order valence-electron chi connectivity index (χ0n) is 22.8. The van der Waals surface area contributed by atoms with Gasteiger partial charge in [-0.15, -0.1) is 0 Å². The molecule has 8 heteroatoms. The fourth-order valence-corrected chi connectivity index (χ4v) is 3.49. The van der Waals surface area contributed by atoms with Gasteiger partial charge in [0.15, 0.2) is 0 Å². The first-order valence-corrected chi connectivity index (χ1v) is 12.7.